The van der Waals surface area contributed by atoms with Crippen LogP contribution in [-0.4, -0.2) is 20.0 Å². The Kier molecular flexibility index (Phi) is 3.65. The highest BCUT2D eigenvalue weighted by Crippen LogP contribution is 2.41. The molecule has 0 spiro atoms. The highest BCUT2D eigenvalue weighted by atomic mass is 16.5. The summed E-state index contributed by atoms with van der Waals surface area (Å²) in [7, 11) is 3.28. The van der Waals surface area contributed by atoms with Gasteiger partial charge in [-0.1, -0.05) is 13.8 Å². The Morgan fingerprint density at radius 3 is 2.42 bits per heavy atom. The minimum Gasteiger partial charge on any atom is -0.497 e. The van der Waals surface area contributed by atoms with Crippen LogP contribution in [0.3, 0.4) is 0 Å². The van der Waals surface area contributed by atoms with Crippen molar-refractivity contribution in [3.8, 4) is 11.5 Å². The van der Waals surface area contributed by atoms with E-state index >= 15 is 0 Å². The number of hydrogen-bond donors (Lipinski definition) is 0. The molecule has 0 fully saturated rings. The van der Waals surface area contributed by atoms with E-state index in [1.807, 2.05) is 18.2 Å². The van der Waals surface area contributed by atoms with Gasteiger partial charge in [0.2, 0.25) is 0 Å². The van der Waals surface area contributed by atoms with Crippen LogP contribution < -0.4 is 9.47 Å². The second-order valence-electron chi connectivity index (χ2n) is 5.72. The Balaban J connectivity index is 2.48. The summed E-state index contributed by atoms with van der Waals surface area (Å²) in [5.74, 6) is 1.72. The maximum atomic E-state index is 11.9. The zero-order chi connectivity index (χ0) is 14.0. The average molecular weight is 260 g/mol. The van der Waals surface area contributed by atoms with Gasteiger partial charge in [-0.3, -0.25) is 4.79 Å². The van der Waals surface area contributed by atoms with E-state index in [9.17, 15) is 4.79 Å². The minimum absolute atomic E-state index is 0.00471. The second-order valence-corrected chi connectivity index (χ2v) is 5.72. The Bertz CT molecular complexity index is 527. The predicted octanol–water partition coefficient (Wildman–Crippen LogP) is 3.48. The van der Waals surface area contributed by atoms with Crippen molar-refractivity contribution in [1.82, 2.24) is 0 Å². The fourth-order valence-electron chi connectivity index (χ4n) is 2.58. The summed E-state index contributed by atoms with van der Waals surface area (Å²) in [6.07, 6.45) is 3.20. The van der Waals surface area contributed by atoms with E-state index in [4.69, 9.17) is 9.47 Å². The number of rotatable bonds is 3. The Labute approximate surface area is 114 Å². The number of carbonyl (C=O) groups excluding carboxylic acids is 1. The van der Waals surface area contributed by atoms with Gasteiger partial charge in [-0.05, 0) is 41.7 Å². The van der Waals surface area contributed by atoms with Crippen LogP contribution in [-0.2, 0) is 4.79 Å². The smallest absolute Gasteiger partial charge is 0.156 e. The number of hydrogen-bond acceptors (Lipinski definition) is 3. The van der Waals surface area contributed by atoms with E-state index in [1.165, 1.54) is 0 Å². The molecular formula is C16H20O3. The van der Waals surface area contributed by atoms with E-state index in [0.29, 0.717) is 6.42 Å². The molecule has 0 radical (unpaired) electrons. The lowest BCUT2D eigenvalue weighted by molar-refractivity contribution is -0.116. The van der Waals surface area contributed by atoms with Crippen molar-refractivity contribution in [3.63, 3.8) is 0 Å². The summed E-state index contributed by atoms with van der Waals surface area (Å²) in [4.78, 5) is 11.9. The number of allylic oxidation sites excluding steroid dienone is 2. The molecule has 3 heteroatoms. The molecule has 19 heavy (non-hydrogen) atoms. The first-order valence-corrected chi connectivity index (χ1v) is 6.41. The quantitative estimate of drug-likeness (QED) is 0.834. The summed E-state index contributed by atoms with van der Waals surface area (Å²) < 4.78 is 10.7. The molecule has 0 aliphatic heterocycles. The standard InChI is InChI=1S/C16H20O3/c1-16(2)9-11(7-12(17)10-16)14-8-13(18-3)5-6-15(14)19-4/h5-8H,9-10H2,1-4H3. The number of carbonyl (C=O) groups is 1. The molecule has 1 aromatic rings. The van der Waals surface area contributed by atoms with Crippen molar-refractivity contribution < 1.29 is 14.3 Å². The molecule has 3 nitrogen and oxygen atoms in total. The van der Waals surface area contributed by atoms with E-state index in [-0.39, 0.29) is 11.2 Å². The highest BCUT2D eigenvalue weighted by molar-refractivity contribution is 5.99. The van der Waals surface area contributed by atoms with Crippen molar-refractivity contribution >= 4 is 11.4 Å². The molecule has 0 unspecified atom stereocenters. The summed E-state index contributed by atoms with van der Waals surface area (Å²) >= 11 is 0. The number of ether oxygens (including phenoxy) is 2. The Hall–Kier alpha value is -1.77. The van der Waals surface area contributed by atoms with Gasteiger partial charge in [-0.15, -0.1) is 0 Å². The molecule has 0 amide bonds. The first-order valence-electron chi connectivity index (χ1n) is 6.41. The third-order valence-electron chi connectivity index (χ3n) is 3.41. The molecule has 0 saturated heterocycles. The molecule has 0 bridgehead atoms. The van der Waals surface area contributed by atoms with Crippen molar-refractivity contribution in [1.29, 1.82) is 0 Å². The molecule has 0 atom stereocenters. The molecule has 1 aliphatic rings. The number of methoxy groups -OCH3 is 2. The van der Waals surface area contributed by atoms with Gasteiger partial charge in [0, 0.05) is 12.0 Å². The van der Waals surface area contributed by atoms with Crippen molar-refractivity contribution in [2.75, 3.05) is 14.2 Å². The van der Waals surface area contributed by atoms with Crippen LogP contribution >= 0.6 is 0 Å². The van der Waals surface area contributed by atoms with Crippen molar-refractivity contribution in [2.24, 2.45) is 5.41 Å². The molecule has 2 rings (SSSR count). The zero-order valence-electron chi connectivity index (χ0n) is 11.9. The second kappa shape index (κ2) is 5.08. The van der Waals surface area contributed by atoms with Crippen LogP contribution in [0.15, 0.2) is 24.3 Å². The van der Waals surface area contributed by atoms with E-state index < -0.39 is 0 Å². The van der Waals surface area contributed by atoms with Gasteiger partial charge >= 0.3 is 0 Å². The van der Waals surface area contributed by atoms with Gasteiger partial charge in [0.25, 0.3) is 0 Å². The first-order chi connectivity index (χ1) is 8.95. The van der Waals surface area contributed by atoms with Gasteiger partial charge in [0.05, 0.1) is 14.2 Å². The van der Waals surface area contributed by atoms with E-state index in [0.717, 1.165) is 29.1 Å². The number of ketones is 1. The van der Waals surface area contributed by atoms with Gasteiger partial charge < -0.3 is 9.47 Å². The maximum absolute atomic E-state index is 11.9. The third kappa shape index (κ3) is 2.98. The molecule has 0 heterocycles. The van der Waals surface area contributed by atoms with Crippen LogP contribution in [0.2, 0.25) is 0 Å². The zero-order valence-corrected chi connectivity index (χ0v) is 11.9. The lowest BCUT2D eigenvalue weighted by Crippen LogP contribution is -2.21. The number of benzene rings is 1. The first kappa shape index (κ1) is 13.7. The van der Waals surface area contributed by atoms with Crippen LogP contribution in [0.1, 0.15) is 32.3 Å². The molecular weight excluding hydrogens is 240 g/mol. The predicted molar refractivity (Wildman–Crippen MR) is 75.5 cm³/mol. The normalized spacial score (nSPS) is 17.9. The monoisotopic (exact) mass is 260 g/mol. The van der Waals surface area contributed by atoms with Gasteiger partial charge in [-0.25, -0.2) is 0 Å². The maximum Gasteiger partial charge on any atom is 0.156 e. The fraction of sp³-hybridized carbons (Fsp3) is 0.438. The third-order valence-corrected chi connectivity index (χ3v) is 3.41. The largest absolute Gasteiger partial charge is 0.497 e. The molecule has 1 aliphatic carbocycles. The van der Waals surface area contributed by atoms with Crippen LogP contribution in [0.4, 0.5) is 0 Å². The summed E-state index contributed by atoms with van der Waals surface area (Å²) in [6.45, 7) is 4.23. The minimum atomic E-state index is -0.00471. The summed E-state index contributed by atoms with van der Waals surface area (Å²) in [5, 5.41) is 0. The van der Waals surface area contributed by atoms with E-state index in [2.05, 4.69) is 13.8 Å². The molecule has 1 aromatic carbocycles. The lowest BCUT2D eigenvalue weighted by atomic mass is 9.75. The summed E-state index contributed by atoms with van der Waals surface area (Å²) in [6, 6.07) is 5.67. The molecule has 0 aromatic heterocycles. The van der Waals surface area contributed by atoms with Gasteiger partial charge in [0.15, 0.2) is 5.78 Å². The fourth-order valence-corrected chi connectivity index (χ4v) is 2.58. The van der Waals surface area contributed by atoms with Crippen LogP contribution in [0.25, 0.3) is 5.57 Å². The highest BCUT2D eigenvalue weighted by Gasteiger charge is 2.29. The topological polar surface area (TPSA) is 35.5 Å². The Morgan fingerprint density at radius 2 is 1.84 bits per heavy atom. The van der Waals surface area contributed by atoms with Gasteiger partial charge in [-0.2, -0.15) is 0 Å². The van der Waals surface area contributed by atoms with Crippen molar-refractivity contribution in [2.45, 2.75) is 26.7 Å². The molecule has 0 saturated carbocycles. The Morgan fingerprint density at radius 1 is 1.11 bits per heavy atom. The van der Waals surface area contributed by atoms with Crippen molar-refractivity contribution in [3.05, 3.63) is 29.8 Å². The molecule has 0 N–H and O–H groups in total. The lowest BCUT2D eigenvalue weighted by Gasteiger charge is -2.29. The average Bonchev–Trinajstić information content (AvgIpc) is 2.35. The summed E-state index contributed by atoms with van der Waals surface area (Å²) in [5.41, 5.74) is 1.97. The molecule has 102 valence electrons. The SMILES string of the molecule is COc1ccc(OC)c(C2=CC(=O)CC(C)(C)C2)c1. The van der Waals surface area contributed by atoms with Crippen LogP contribution in [0.5, 0.6) is 11.5 Å². The van der Waals surface area contributed by atoms with Gasteiger partial charge in [0.1, 0.15) is 11.5 Å². The van der Waals surface area contributed by atoms with E-state index in [1.54, 1.807) is 20.3 Å². The van der Waals surface area contributed by atoms with Crippen LogP contribution in [0, 0.1) is 5.41 Å².